The molecule has 0 spiro atoms. The van der Waals surface area contributed by atoms with Gasteiger partial charge >= 0.3 is 0 Å². The maximum Gasteiger partial charge on any atom is 0.234 e. The molecule has 104 valence electrons. The minimum Gasteiger partial charge on any atom is -0.381 e. The number of hydrogen-bond donors (Lipinski definition) is 2. The number of nitrogens with one attached hydrogen (secondary N) is 2. The van der Waals surface area contributed by atoms with E-state index in [2.05, 4.69) is 10.6 Å². The van der Waals surface area contributed by atoms with Gasteiger partial charge in [0, 0.05) is 32.4 Å². The van der Waals surface area contributed by atoms with Crippen LogP contribution < -0.4 is 10.6 Å². The van der Waals surface area contributed by atoms with Gasteiger partial charge in [-0.3, -0.25) is 4.79 Å². The number of amides is 1. The van der Waals surface area contributed by atoms with Crippen LogP contribution in [-0.2, 0) is 14.3 Å². The number of methoxy groups -OCH3 is 1. The Balaban J connectivity index is 1.59. The Morgan fingerprint density at radius 2 is 2.00 bits per heavy atom. The van der Waals surface area contributed by atoms with E-state index in [9.17, 15) is 4.79 Å². The van der Waals surface area contributed by atoms with Crippen molar-refractivity contribution in [1.29, 1.82) is 0 Å². The van der Waals surface area contributed by atoms with E-state index in [0.717, 1.165) is 45.3 Å². The molecule has 0 bridgehead atoms. The molecule has 1 aliphatic heterocycles. The van der Waals surface area contributed by atoms with Gasteiger partial charge in [-0.05, 0) is 32.1 Å². The molecule has 1 amide bonds. The summed E-state index contributed by atoms with van der Waals surface area (Å²) in [6.07, 6.45) is 5.43. The van der Waals surface area contributed by atoms with Gasteiger partial charge in [-0.1, -0.05) is 0 Å². The highest BCUT2D eigenvalue weighted by molar-refractivity contribution is 5.78. The first-order valence-corrected chi connectivity index (χ1v) is 6.91. The second-order valence-electron chi connectivity index (χ2n) is 5.20. The van der Waals surface area contributed by atoms with Gasteiger partial charge in [0.05, 0.1) is 12.6 Å². The standard InChI is InChI=1S/C13H24N2O3/c1-17-12-3-2-11(8-12)14-9-13(16)15-10-4-6-18-7-5-10/h10-12,14H,2-9H2,1H3,(H,15,16). The van der Waals surface area contributed by atoms with E-state index in [1.807, 2.05) is 0 Å². The fourth-order valence-corrected chi connectivity index (χ4v) is 2.70. The molecule has 0 aromatic carbocycles. The molecular formula is C13H24N2O3. The monoisotopic (exact) mass is 256 g/mol. The van der Waals surface area contributed by atoms with Crippen LogP contribution in [0.1, 0.15) is 32.1 Å². The lowest BCUT2D eigenvalue weighted by atomic mass is 10.1. The van der Waals surface area contributed by atoms with Crippen LogP contribution in [-0.4, -0.2) is 51.0 Å². The van der Waals surface area contributed by atoms with Crippen LogP contribution in [0.15, 0.2) is 0 Å². The van der Waals surface area contributed by atoms with E-state index in [4.69, 9.17) is 9.47 Å². The Morgan fingerprint density at radius 1 is 1.22 bits per heavy atom. The van der Waals surface area contributed by atoms with Gasteiger partial charge in [0.1, 0.15) is 0 Å². The summed E-state index contributed by atoms with van der Waals surface area (Å²) in [5.74, 6) is 0.0998. The molecule has 5 heteroatoms. The third-order valence-electron chi connectivity index (χ3n) is 3.86. The first kappa shape index (κ1) is 13.8. The number of ether oxygens (including phenoxy) is 2. The first-order chi connectivity index (χ1) is 8.78. The summed E-state index contributed by atoms with van der Waals surface area (Å²) < 4.78 is 10.6. The summed E-state index contributed by atoms with van der Waals surface area (Å²) in [5.41, 5.74) is 0. The fourth-order valence-electron chi connectivity index (χ4n) is 2.70. The zero-order valence-corrected chi connectivity index (χ0v) is 11.1. The van der Waals surface area contributed by atoms with E-state index < -0.39 is 0 Å². The molecule has 2 rings (SSSR count). The summed E-state index contributed by atoms with van der Waals surface area (Å²) in [5, 5.41) is 6.37. The molecule has 2 aliphatic rings. The zero-order valence-electron chi connectivity index (χ0n) is 11.1. The summed E-state index contributed by atoms with van der Waals surface area (Å²) >= 11 is 0. The van der Waals surface area contributed by atoms with Gasteiger partial charge in [-0.2, -0.15) is 0 Å². The topological polar surface area (TPSA) is 59.6 Å². The Morgan fingerprint density at radius 3 is 2.67 bits per heavy atom. The lowest BCUT2D eigenvalue weighted by Crippen LogP contribution is -2.44. The molecule has 1 saturated heterocycles. The van der Waals surface area contributed by atoms with Crippen LogP contribution in [0.25, 0.3) is 0 Å². The molecule has 2 atom stereocenters. The first-order valence-electron chi connectivity index (χ1n) is 6.91. The molecule has 0 aromatic heterocycles. The van der Waals surface area contributed by atoms with Crippen molar-refractivity contribution in [3.8, 4) is 0 Å². The van der Waals surface area contributed by atoms with E-state index in [-0.39, 0.29) is 5.91 Å². The van der Waals surface area contributed by atoms with Crippen LogP contribution in [0.4, 0.5) is 0 Å². The third kappa shape index (κ3) is 4.23. The van der Waals surface area contributed by atoms with Crippen molar-refractivity contribution in [2.24, 2.45) is 0 Å². The second kappa shape index (κ2) is 7.07. The summed E-state index contributed by atoms with van der Waals surface area (Å²) in [7, 11) is 1.75. The molecule has 2 N–H and O–H groups in total. The lowest BCUT2D eigenvalue weighted by molar-refractivity contribution is -0.121. The zero-order chi connectivity index (χ0) is 12.8. The van der Waals surface area contributed by atoms with Gasteiger partial charge in [-0.15, -0.1) is 0 Å². The van der Waals surface area contributed by atoms with Crippen molar-refractivity contribution in [1.82, 2.24) is 10.6 Å². The maximum absolute atomic E-state index is 11.8. The van der Waals surface area contributed by atoms with Crippen LogP contribution in [0, 0.1) is 0 Å². The highest BCUT2D eigenvalue weighted by atomic mass is 16.5. The van der Waals surface area contributed by atoms with E-state index >= 15 is 0 Å². The van der Waals surface area contributed by atoms with Crippen LogP contribution >= 0.6 is 0 Å². The van der Waals surface area contributed by atoms with Gasteiger partial charge in [-0.25, -0.2) is 0 Å². The number of hydrogen-bond acceptors (Lipinski definition) is 4. The predicted octanol–water partition coefficient (Wildman–Crippen LogP) is 0.439. The van der Waals surface area contributed by atoms with Crippen molar-refractivity contribution in [2.45, 2.75) is 50.3 Å². The van der Waals surface area contributed by atoms with Gasteiger partial charge in [0.25, 0.3) is 0 Å². The minimum absolute atomic E-state index is 0.0998. The van der Waals surface area contributed by atoms with Crippen molar-refractivity contribution in [3.63, 3.8) is 0 Å². The number of carbonyl (C=O) groups is 1. The quantitative estimate of drug-likeness (QED) is 0.749. The van der Waals surface area contributed by atoms with Gasteiger partial charge in [0.15, 0.2) is 0 Å². The summed E-state index contributed by atoms with van der Waals surface area (Å²) in [6, 6.07) is 0.721. The Labute approximate surface area is 109 Å². The molecule has 18 heavy (non-hydrogen) atoms. The van der Waals surface area contributed by atoms with Gasteiger partial charge in [0.2, 0.25) is 5.91 Å². The fraction of sp³-hybridized carbons (Fsp3) is 0.923. The summed E-state index contributed by atoms with van der Waals surface area (Å²) in [4.78, 5) is 11.8. The molecule has 2 unspecified atom stereocenters. The van der Waals surface area contributed by atoms with Crippen molar-refractivity contribution >= 4 is 5.91 Å². The predicted molar refractivity (Wildman–Crippen MR) is 68.4 cm³/mol. The number of rotatable bonds is 5. The van der Waals surface area contributed by atoms with Crippen molar-refractivity contribution in [2.75, 3.05) is 26.9 Å². The molecule has 0 radical (unpaired) electrons. The Hall–Kier alpha value is -0.650. The molecule has 1 heterocycles. The average Bonchev–Trinajstić information content (AvgIpc) is 2.85. The normalized spacial score (nSPS) is 29.4. The average molecular weight is 256 g/mol. The number of carbonyl (C=O) groups excluding carboxylic acids is 1. The van der Waals surface area contributed by atoms with Crippen LogP contribution in [0.5, 0.6) is 0 Å². The molecule has 1 saturated carbocycles. The third-order valence-corrected chi connectivity index (χ3v) is 3.86. The molecule has 5 nitrogen and oxygen atoms in total. The van der Waals surface area contributed by atoms with Crippen molar-refractivity contribution in [3.05, 3.63) is 0 Å². The van der Waals surface area contributed by atoms with E-state index in [1.54, 1.807) is 7.11 Å². The van der Waals surface area contributed by atoms with Crippen molar-refractivity contribution < 1.29 is 14.3 Å². The smallest absolute Gasteiger partial charge is 0.234 e. The molecule has 2 fully saturated rings. The maximum atomic E-state index is 11.8. The molecular weight excluding hydrogens is 232 g/mol. The Bertz CT molecular complexity index is 267. The molecule has 0 aromatic rings. The highest BCUT2D eigenvalue weighted by Gasteiger charge is 2.24. The van der Waals surface area contributed by atoms with Crippen LogP contribution in [0.2, 0.25) is 0 Å². The lowest BCUT2D eigenvalue weighted by Gasteiger charge is -2.23. The van der Waals surface area contributed by atoms with E-state index in [1.165, 1.54) is 0 Å². The minimum atomic E-state index is 0.0998. The molecule has 1 aliphatic carbocycles. The largest absolute Gasteiger partial charge is 0.381 e. The Kier molecular flexibility index (Phi) is 5.41. The highest BCUT2D eigenvalue weighted by Crippen LogP contribution is 2.21. The SMILES string of the molecule is COC1CCC(NCC(=O)NC2CCOCC2)C1. The summed E-state index contributed by atoms with van der Waals surface area (Å²) in [6.45, 7) is 1.94. The second-order valence-corrected chi connectivity index (χ2v) is 5.20. The van der Waals surface area contributed by atoms with Crippen LogP contribution in [0.3, 0.4) is 0 Å². The van der Waals surface area contributed by atoms with Gasteiger partial charge < -0.3 is 20.1 Å². The van der Waals surface area contributed by atoms with E-state index in [0.29, 0.717) is 24.7 Å².